The molecule has 1 aromatic heterocycles. The second-order valence-corrected chi connectivity index (χ2v) is 8.91. The number of amides is 1. The number of anilines is 1. The van der Waals surface area contributed by atoms with Crippen molar-refractivity contribution in [2.75, 3.05) is 25.2 Å². The van der Waals surface area contributed by atoms with Crippen molar-refractivity contribution in [2.24, 2.45) is 0 Å². The Morgan fingerprint density at radius 2 is 1.87 bits per heavy atom. The predicted octanol–water partition coefficient (Wildman–Crippen LogP) is 5.38. The largest absolute Gasteiger partial charge is 0.323 e. The lowest BCUT2D eigenvalue weighted by atomic mass is 10.2. The molecule has 0 saturated carbocycles. The molecule has 1 heterocycles. The molecule has 1 atom stereocenters. The first-order valence-corrected chi connectivity index (χ1v) is 11.2. The highest BCUT2D eigenvalue weighted by Crippen LogP contribution is 2.33. The quantitative estimate of drug-likeness (QED) is 0.459. The van der Waals surface area contributed by atoms with Crippen molar-refractivity contribution >= 4 is 46.6 Å². The number of hydrogen-bond acceptors (Lipinski definition) is 5. The van der Waals surface area contributed by atoms with Crippen LogP contribution >= 0.6 is 35.0 Å². The molecule has 0 bridgehead atoms. The van der Waals surface area contributed by atoms with E-state index in [4.69, 9.17) is 23.2 Å². The zero-order valence-electron chi connectivity index (χ0n) is 17.5. The number of hydrogen-bond donors (Lipinski definition) is 1. The molecule has 3 aromatic rings. The van der Waals surface area contributed by atoms with Crippen molar-refractivity contribution < 1.29 is 9.18 Å². The van der Waals surface area contributed by atoms with E-state index >= 15 is 0 Å². The number of benzene rings is 2. The number of carbonyl (C=O) groups is 1. The van der Waals surface area contributed by atoms with Gasteiger partial charge >= 0.3 is 0 Å². The number of nitrogens with one attached hydrogen (secondary N) is 1. The number of carbonyl (C=O) groups excluding carboxylic acids is 1. The van der Waals surface area contributed by atoms with Gasteiger partial charge in [0, 0.05) is 5.69 Å². The van der Waals surface area contributed by atoms with E-state index in [0.29, 0.717) is 32.4 Å². The average Bonchev–Trinajstić information content (AvgIpc) is 3.16. The third kappa shape index (κ3) is 5.38. The van der Waals surface area contributed by atoms with E-state index in [9.17, 15) is 9.18 Å². The third-order valence-corrected chi connectivity index (χ3v) is 6.50. The van der Waals surface area contributed by atoms with Gasteiger partial charge in [0.25, 0.3) is 0 Å². The van der Waals surface area contributed by atoms with E-state index in [-0.39, 0.29) is 23.5 Å². The Morgan fingerprint density at radius 3 is 2.52 bits per heavy atom. The maximum atomic E-state index is 13.4. The van der Waals surface area contributed by atoms with Crippen molar-refractivity contribution in [1.82, 2.24) is 19.7 Å². The van der Waals surface area contributed by atoms with Gasteiger partial charge in [0.2, 0.25) is 5.91 Å². The van der Waals surface area contributed by atoms with Crippen LogP contribution in [-0.2, 0) is 4.79 Å². The van der Waals surface area contributed by atoms with Crippen LogP contribution < -0.4 is 5.32 Å². The van der Waals surface area contributed by atoms with Crippen molar-refractivity contribution in [3.8, 4) is 5.69 Å². The predicted molar refractivity (Wildman–Crippen MR) is 124 cm³/mol. The molecule has 1 N–H and O–H groups in total. The van der Waals surface area contributed by atoms with Gasteiger partial charge in [0.05, 0.1) is 27.5 Å². The van der Waals surface area contributed by atoms with E-state index < -0.39 is 0 Å². The summed E-state index contributed by atoms with van der Waals surface area (Å²) in [4.78, 5) is 14.6. The average molecular weight is 482 g/mol. The molecule has 0 saturated heterocycles. The van der Waals surface area contributed by atoms with Gasteiger partial charge in [-0.15, -0.1) is 10.2 Å². The summed E-state index contributed by atoms with van der Waals surface area (Å²) in [6.07, 6.45) is 0. The molecule has 3 rings (SSSR count). The molecule has 0 unspecified atom stereocenters. The maximum Gasteiger partial charge on any atom is 0.234 e. The summed E-state index contributed by atoms with van der Waals surface area (Å²) in [7, 11) is 3.87. The van der Waals surface area contributed by atoms with Gasteiger partial charge in [-0.05, 0) is 63.8 Å². The number of rotatable bonds is 7. The van der Waals surface area contributed by atoms with Crippen LogP contribution in [0.25, 0.3) is 5.69 Å². The Bertz CT molecular complexity index is 1090. The number of nitrogens with zero attached hydrogens (tertiary/aromatic N) is 4. The van der Waals surface area contributed by atoms with Gasteiger partial charge in [-0.2, -0.15) is 0 Å². The van der Waals surface area contributed by atoms with Crippen molar-refractivity contribution in [1.29, 1.82) is 0 Å². The summed E-state index contributed by atoms with van der Waals surface area (Å²) < 4.78 is 15.3. The molecule has 164 valence electrons. The van der Waals surface area contributed by atoms with E-state index in [0.717, 1.165) is 5.56 Å². The van der Waals surface area contributed by atoms with Gasteiger partial charge in [0.1, 0.15) is 5.82 Å². The normalized spacial score (nSPS) is 12.3. The number of aryl methyl sites for hydroxylation is 1. The summed E-state index contributed by atoms with van der Waals surface area (Å²) in [5.41, 5.74) is 1.91. The highest BCUT2D eigenvalue weighted by atomic mass is 35.5. The summed E-state index contributed by atoms with van der Waals surface area (Å²) >= 11 is 13.7. The van der Waals surface area contributed by atoms with E-state index in [1.54, 1.807) is 24.3 Å². The first kappa shape index (κ1) is 23.5. The fraction of sp³-hybridized carbons (Fsp3) is 0.286. The summed E-state index contributed by atoms with van der Waals surface area (Å²) in [5, 5.41) is 12.6. The maximum absolute atomic E-state index is 13.4. The van der Waals surface area contributed by atoms with Crippen LogP contribution in [-0.4, -0.2) is 45.4 Å². The Balaban J connectivity index is 1.84. The Morgan fingerprint density at radius 1 is 1.19 bits per heavy atom. The van der Waals surface area contributed by atoms with Gasteiger partial charge < -0.3 is 5.32 Å². The molecular weight excluding hydrogens is 460 g/mol. The molecule has 6 nitrogen and oxygen atoms in total. The third-order valence-electron chi connectivity index (χ3n) is 4.77. The van der Waals surface area contributed by atoms with E-state index in [1.165, 1.54) is 23.9 Å². The lowest BCUT2D eigenvalue weighted by molar-refractivity contribution is -0.113. The fourth-order valence-electron chi connectivity index (χ4n) is 2.79. The van der Waals surface area contributed by atoms with Gasteiger partial charge in [0.15, 0.2) is 11.0 Å². The fourth-order valence-corrected chi connectivity index (χ4v) is 4.01. The zero-order chi connectivity index (χ0) is 22.7. The van der Waals surface area contributed by atoms with Gasteiger partial charge in [-0.3, -0.25) is 14.3 Å². The Labute approximate surface area is 194 Å². The highest BCUT2D eigenvalue weighted by Gasteiger charge is 2.22. The number of halogens is 3. The monoisotopic (exact) mass is 481 g/mol. The molecule has 0 spiro atoms. The van der Waals surface area contributed by atoms with Gasteiger partial charge in [-0.25, -0.2) is 4.39 Å². The second-order valence-electron chi connectivity index (χ2n) is 7.18. The van der Waals surface area contributed by atoms with Crippen LogP contribution in [0.2, 0.25) is 10.0 Å². The first-order chi connectivity index (χ1) is 14.7. The van der Waals surface area contributed by atoms with Crippen molar-refractivity contribution in [3.63, 3.8) is 0 Å². The number of aromatic nitrogens is 3. The standard InChI is InChI=1S/C21H22Cl2FN5OS/c1-12-5-10-16(22)19(18(12)23)25-17(30)11-31-21-27-26-20(13(2)28(3)4)29(21)15-8-6-14(24)7-9-15/h5-10,13H,11H2,1-4H3,(H,25,30)/t13-/m0/s1. The topological polar surface area (TPSA) is 63.1 Å². The molecule has 10 heteroatoms. The first-order valence-electron chi connectivity index (χ1n) is 9.44. The minimum Gasteiger partial charge on any atom is -0.323 e. The summed E-state index contributed by atoms with van der Waals surface area (Å²) in [5.74, 6) is 0.134. The molecule has 1 amide bonds. The smallest absolute Gasteiger partial charge is 0.234 e. The highest BCUT2D eigenvalue weighted by molar-refractivity contribution is 7.99. The van der Waals surface area contributed by atoms with Crippen molar-refractivity contribution in [2.45, 2.75) is 25.0 Å². The summed E-state index contributed by atoms with van der Waals surface area (Å²) in [6.45, 7) is 3.83. The molecule has 0 aliphatic heterocycles. The van der Waals surface area contributed by atoms with E-state index in [2.05, 4.69) is 15.5 Å². The minimum atomic E-state index is -0.334. The zero-order valence-corrected chi connectivity index (χ0v) is 19.8. The molecule has 0 fully saturated rings. The Hall–Kier alpha value is -2.13. The van der Waals surface area contributed by atoms with E-state index in [1.807, 2.05) is 37.4 Å². The van der Waals surface area contributed by atoms with Crippen LogP contribution in [0, 0.1) is 12.7 Å². The van der Waals surface area contributed by atoms with Crippen LogP contribution in [0.3, 0.4) is 0 Å². The lowest BCUT2D eigenvalue weighted by Crippen LogP contribution is -2.21. The molecule has 0 aliphatic carbocycles. The van der Waals surface area contributed by atoms with Crippen molar-refractivity contribution in [3.05, 3.63) is 63.6 Å². The molecule has 31 heavy (non-hydrogen) atoms. The van der Waals surface area contributed by atoms with Gasteiger partial charge in [-0.1, -0.05) is 41.0 Å². The van der Waals surface area contributed by atoms with Crippen LogP contribution in [0.1, 0.15) is 24.4 Å². The Kier molecular flexibility index (Phi) is 7.59. The molecule has 0 aliphatic rings. The minimum absolute atomic E-state index is 0.0503. The number of thioether (sulfide) groups is 1. The van der Waals surface area contributed by atoms with Crippen LogP contribution in [0.5, 0.6) is 0 Å². The summed E-state index contributed by atoms with van der Waals surface area (Å²) in [6, 6.07) is 9.48. The molecular formula is C21H22Cl2FN5OS. The van der Waals surface area contributed by atoms with Crippen LogP contribution in [0.15, 0.2) is 41.6 Å². The van der Waals surface area contributed by atoms with Crippen LogP contribution in [0.4, 0.5) is 10.1 Å². The lowest BCUT2D eigenvalue weighted by Gasteiger charge is -2.20. The molecule has 0 radical (unpaired) electrons. The SMILES string of the molecule is Cc1ccc(Cl)c(NC(=O)CSc2nnc([C@H](C)N(C)C)n2-c2ccc(F)cc2)c1Cl. The molecule has 2 aromatic carbocycles. The second kappa shape index (κ2) is 9.99.